The van der Waals surface area contributed by atoms with Crippen molar-refractivity contribution in [3.8, 4) is 0 Å². The highest BCUT2D eigenvalue weighted by Gasteiger charge is 2.43. The van der Waals surface area contributed by atoms with Crippen molar-refractivity contribution in [2.24, 2.45) is 11.8 Å². The lowest BCUT2D eigenvalue weighted by atomic mass is 9.80. The number of alkyl carbamates (subject to hydrolysis) is 1. The molecule has 0 aromatic rings. The first-order chi connectivity index (χ1) is 13.5. The number of esters is 1. The zero-order valence-electron chi connectivity index (χ0n) is 21.1. The molecule has 0 aromatic carbocycles. The summed E-state index contributed by atoms with van der Waals surface area (Å²) in [5, 5.41) is 2.71. The Hall–Kier alpha value is -1.08. The summed E-state index contributed by atoms with van der Waals surface area (Å²) in [5.41, 5.74) is -0.599. The van der Waals surface area contributed by atoms with E-state index in [2.05, 4.69) is 39.9 Å². The number of hydrogen-bond acceptors (Lipinski definition) is 5. The zero-order chi connectivity index (χ0) is 23.8. The second kappa shape index (κ2) is 12.1. The van der Waals surface area contributed by atoms with E-state index in [9.17, 15) is 14.4 Å². The Morgan fingerprint density at radius 3 is 2.10 bits per heavy atom. The molecule has 0 aliphatic carbocycles. The lowest BCUT2D eigenvalue weighted by Gasteiger charge is -2.41. The zero-order valence-corrected chi connectivity index (χ0v) is 22.1. The van der Waals surface area contributed by atoms with E-state index in [4.69, 9.17) is 9.47 Å². The fourth-order valence-corrected chi connectivity index (χ4v) is 4.02. The van der Waals surface area contributed by atoms with Crippen LogP contribution in [0.1, 0.15) is 87.5 Å². The van der Waals surface area contributed by atoms with Gasteiger partial charge in [-0.3, -0.25) is 4.79 Å². The Bertz CT molecular complexity index is 537. The Labute approximate surface area is 185 Å². The van der Waals surface area contributed by atoms with E-state index in [1.807, 2.05) is 33.9 Å². The molecular weight excluding hydrogens is 398 g/mol. The third kappa shape index (κ3) is 10.8. The van der Waals surface area contributed by atoms with Crippen LogP contribution >= 0.6 is 0 Å². The average Bonchev–Trinajstić information content (AvgIpc) is 2.56. The highest BCUT2D eigenvalue weighted by Crippen LogP contribution is 2.44. The molecule has 0 rings (SSSR count). The van der Waals surface area contributed by atoms with Gasteiger partial charge in [0, 0.05) is 6.04 Å². The number of unbranched alkanes of at least 4 members (excludes halogenated alkanes) is 1. The van der Waals surface area contributed by atoms with Crippen molar-refractivity contribution in [2.75, 3.05) is 6.61 Å². The topological polar surface area (TPSA) is 84.9 Å². The lowest BCUT2D eigenvalue weighted by molar-refractivity contribution is -0.145. The average molecular weight is 446 g/mol. The van der Waals surface area contributed by atoms with Gasteiger partial charge in [-0.1, -0.05) is 47.5 Å². The number of rotatable bonds is 12. The molecular formula is C23H47NO5Si. The second-order valence-corrected chi connectivity index (χ2v) is 15.2. The van der Waals surface area contributed by atoms with Crippen LogP contribution in [0.15, 0.2) is 0 Å². The molecule has 3 atom stereocenters. The molecule has 30 heavy (non-hydrogen) atoms. The maximum atomic E-state index is 12.6. The molecule has 2 N–H and O–H groups in total. The van der Waals surface area contributed by atoms with Crippen molar-refractivity contribution >= 4 is 20.4 Å². The molecule has 0 radical (unpaired) electrons. The summed E-state index contributed by atoms with van der Waals surface area (Å²) in [4.78, 5) is 36.0. The number of hydrogen-bond donors (Lipinski definition) is 2. The molecule has 1 amide bonds. The summed E-state index contributed by atoms with van der Waals surface area (Å²) < 4.78 is 10.9. The predicted molar refractivity (Wildman–Crippen MR) is 125 cm³/mol. The van der Waals surface area contributed by atoms with Gasteiger partial charge >= 0.3 is 12.1 Å². The highest BCUT2D eigenvalue weighted by molar-refractivity contribution is 6.72. The van der Waals surface area contributed by atoms with Crippen molar-refractivity contribution in [3.05, 3.63) is 0 Å². The summed E-state index contributed by atoms with van der Waals surface area (Å²) in [5.74, 6) is -0.262. The van der Waals surface area contributed by atoms with Crippen molar-refractivity contribution in [3.63, 3.8) is 0 Å². The molecule has 178 valence electrons. The van der Waals surface area contributed by atoms with Gasteiger partial charge < -0.3 is 19.6 Å². The Kier molecular flexibility index (Phi) is 11.6. The monoisotopic (exact) mass is 445 g/mol. The number of ether oxygens (including phenoxy) is 2. The van der Waals surface area contributed by atoms with Gasteiger partial charge in [0.1, 0.15) is 5.60 Å². The van der Waals surface area contributed by atoms with Crippen molar-refractivity contribution in [1.82, 2.24) is 5.32 Å². The largest absolute Gasteiger partial charge is 0.466 e. The molecule has 0 saturated carbocycles. The third-order valence-corrected chi connectivity index (χ3v) is 9.58. The minimum Gasteiger partial charge on any atom is -0.466 e. The molecule has 0 saturated heterocycles. The van der Waals surface area contributed by atoms with E-state index in [-0.39, 0.29) is 35.3 Å². The van der Waals surface area contributed by atoms with Gasteiger partial charge in [0.05, 0.1) is 13.0 Å². The van der Waals surface area contributed by atoms with E-state index in [1.54, 1.807) is 0 Å². The number of nitrogens with one attached hydrogen (secondary N) is 1. The van der Waals surface area contributed by atoms with Gasteiger partial charge in [0.25, 0.3) is 0 Å². The molecule has 0 heterocycles. The molecule has 0 aliphatic heterocycles. The molecule has 6 nitrogen and oxygen atoms in total. The first-order valence-electron chi connectivity index (χ1n) is 11.4. The van der Waals surface area contributed by atoms with Gasteiger partial charge in [0.2, 0.25) is 0 Å². The maximum Gasteiger partial charge on any atom is 0.407 e. The SMILES string of the molecule is CCCCOC(=O)C[C@H](CC(C)(C)[Si](C)(C)O)[C@H](NC(=O)OC(C)(C)C)[C@@H](C)CC. The van der Waals surface area contributed by atoms with Crippen LogP contribution in [0.2, 0.25) is 18.1 Å². The first kappa shape index (κ1) is 28.9. The fraction of sp³-hybridized carbons (Fsp3) is 0.913. The minimum absolute atomic E-state index is 0.144. The maximum absolute atomic E-state index is 12.6. The second-order valence-electron chi connectivity index (χ2n) is 10.7. The quantitative estimate of drug-likeness (QED) is 0.230. The lowest BCUT2D eigenvalue weighted by Crippen LogP contribution is -2.49. The summed E-state index contributed by atoms with van der Waals surface area (Å²) in [6, 6.07) is -0.251. The Balaban J connectivity index is 5.72. The summed E-state index contributed by atoms with van der Waals surface area (Å²) in [6.07, 6.45) is 3.00. The summed E-state index contributed by atoms with van der Waals surface area (Å²) in [6.45, 7) is 20.0. The Morgan fingerprint density at radius 2 is 1.67 bits per heavy atom. The Morgan fingerprint density at radius 1 is 1.10 bits per heavy atom. The fourth-order valence-electron chi connectivity index (χ4n) is 3.26. The van der Waals surface area contributed by atoms with Crippen LogP contribution in [0.3, 0.4) is 0 Å². The molecule has 0 aliphatic rings. The smallest absolute Gasteiger partial charge is 0.407 e. The molecule has 0 bridgehead atoms. The molecule has 0 aromatic heterocycles. The predicted octanol–water partition coefficient (Wildman–Crippen LogP) is 5.64. The minimum atomic E-state index is -2.49. The van der Waals surface area contributed by atoms with Crippen molar-refractivity contribution in [1.29, 1.82) is 0 Å². The van der Waals surface area contributed by atoms with E-state index >= 15 is 0 Å². The van der Waals surface area contributed by atoms with E-state index in [1.165, 1.54) is 0 Å². The van der Waals surface area contributed by atoms with E-state index in [0.717, 1.165) is 19.3 Å². The standard InChI is InChI=1S/C23H47NO5Si/c1-11-13-14-28-19(25)15-18(16-23(7,8)30(9,10)27)20(17(3)12-2)24-21(26)29-22(4,5)6/h17-18,20,27H,11-16H2,1-10H3,(H,24,26)/t17-,18+,20+/m0/s1. The van der Waals surface area contributed by atoms with Gasteiger partial charge in [-0.2, -0.15) is 0 Å². The van der Waals surface area contributed by atoms with Gasteiger partial charge in [-0.05, 0) is 63.6 Å². The normalized spacial score (nSPS) is 15.8. The molecule has 0 spiro atoms. The number of amides is 1. The molecule has 0 fully saturated rings. The van der Waals surface area contributed by atoms with Gasteiger partial charge in [-0.15, -0.1) is 0 Å². The van der Waals surface area contributed by atoms with Crippen molar-refractivity contribution in [2.45, 2.75) is 117 Å². The van der Waals surface area contributed by atoms with Crippen LogP contribution in [0.25, 0.3) is 0 Å². The van der Waals surface area contributed by atoms with Crippen LogP contribution in [-0.2, 0) is 14.3 Å². The molecule has 0 unspecified atom stereocenters. The van der Waals surface area contributed by atoms with Gasteiger partial charge in [0.15, 0.2) is 8.32 Å². The molecule has 7 heteroatoms. The van der Waals surface area contributed by atoms with E-state index in [0.29, 0.717) is 13.0 Å². The van der Waals surface area contributed by atoms with Crippen LogP contribution in [0.5, 0.6) is 0 Å². The summed E-state index contributed by atoms with van der Waals surface area (Å²) >= 11 is 0. The first-order valence-corrected chi connectivity index (χ1v) is 14.4. The van der Waals surface area contributed by atoms with Crippen LogP contribution < -0.4 is 5.32 Å². The highest BCUT2D eigenvalue weighted by atomic mass is 28.4. The number of carbonyl (C=O) groups is 2. The van der Waals surface area contributed by atoms with Crippen LogP contribution in [0.4, 0.5) is 4.79 Å². The van der Waals surface area contributed by atoms with Crippen molar-refractivity contribution < 1.29 is 23.9 Å². The summed E-state index contributed by atoms with van der Waals surface area (Å²) in [7, 11) is -2.49. The van der Waals surface area contributed by atoms with Crippen LogP contribution in [-0.4, -0.2) is 43.4 Å². The third-order valence-electron chi connectivity index (χ3n) is 6.07. The van der Waals surface area contributed by atoms with Gasteiger partial charge in [-0.25, -0.2) is 4.79 Å². The van der Waals surface area contributed by atoms with E-state index < -0.39 is 20.0 Å². The van der Waals surface area contributed by atoms with Crippen LogP contribution in [0, 0.1) is 11.8 Å². The number of carbonyl (C=O) groups excluding carboxylic acids is 2.